The zero-order chi connectivity index (χ0) is 14.2. The van der Waals surface area contributed by atoms with Crippen LogP contribution in [0, 0.1) is 34.6 Å². The number of carboxylic acid groups (broad SMARTS) is 1. The Bertz CT molecular complexity index is 467. The van der Waals surface area contributed by atoms with Crippen molar-refractivity contribution in [3.63, 3.8) is 0 Å². The summed E-state index contributed by atoms with van der Waals surface area (Å²) in [6, 6.07) is 0. The monoisotopic (exact) mass is 248 g/mol. The van der Waals surface area contributed by atoms with Crippen LogP contribution < -0.4 is 0 Å². The molecule has 0 aromatic heterocycles. The minimum Gasteiger partial charge on any atom is -0.481 e. The van der Waals surface area contributed by atoms with Gasteiger partial charge in [-0.05, 0) is 68.0 Å². The molecule has 0 aliphatic carbocycles. The van der Waals surface area contributed by atoms with Crippen LogP contribution in [-0.2, 0) is 10.2 Å². The molecule has 1 rings (SSSR count). The van der Waals surface area contributed by atoms with E-state index in [-0.39, 0.29) is 11.8 Å². The summed E-state index contributed by atoms with van der Waals surface area (Å²) in [4.78, 5) is 11.0. The molecule has 0 fully saturated rings. The maximum Gasteiger partial charge on any atom is 0.304 e. The molecule has 100 valence electrons. The Morgan fingerprint density at radius 3 is 1.56 bits per heavy atom. The van der Waals surface area contributed by atoms with E-state index in [0.29, 0.717) is 0 Å². The molecule has 0 spiro atoms. The van der Waals surface area contributed by atoms with Crippen LogP contribution in [0.5, 0.6) is 0 Å². The predicted molar refractivity (Wildman–Crippen MR) is 75.4 cm³/mol. The van der Waals surface area contributed by atoms with Gasteiger partial charge in [0.1, 0.15) is 0 Å². The Kier molecular flexibility index (Phi) is 3.89. The van der Waals surface area contributed by atoms with Gasteiger partial charge < -0.3 is 5.11 Å². The maximum atomic E-state index is 11.0. The number of benzene rings is 1. The van der Waals surface area contributed by atoms with Crippen LogP contribution in [0.25, 0.3) is 0 Å². The molecule has 2 heteroatoms. The van der Waals surface area contributed by atoms with Crippen molar-refractivity contribution in [1.82, 2.24) is 0 Å². The Balaban J connectivity index is 3.55. The van der Waals surface area contributed by atoms with E-state index in [1.54, 1.807) is 0 Å². The first-order chi connectivity index (χ1) is 8.09. The fourth-order valence-corrected chi connectivity index (χ4v) is 2.98. The Morgan fingerprint density at radius 2 is 1.22 bits per heavy atom. The fourth-order valence-electron chi connectivity index (χ4n) is 2.98. The zero-order valence-corrected chi connectivity index (χ0v) is 12.6. The van der Waals surface area contributed by atoms with Crippen LogP contribution in [0.15, 0.2) is 0 Å². The summed E-state index contributed by atoms with van der Waals surface area (Å²) in [5, 5.41) is 9.09. The van der Waals surface area contributed by atoms with Crippen LogP contribution >= 0.6 is 0 Å². The largest absolute Gasteiger partial charge is 0.481 e. The first kappa shape index (κ1) is 14.7. The summed E-state index contributed by atoms with van der Waals surface area (Å²) in [5.41, 5.74) is 7.23. The standard InChI is InChI=1S/C16H24O2/c1-9-10(2)12(4)15(13(5)11(9)3)16(6,7)8-14(17)18/h8H2,1-7H3,(H,17,18). The molecule has 18 heavy (non-hydrogen) atoms. The summed E-state index contributed by atoms with van der Waals surface area (Å²) in [6.07, 6.45) is 0.163. The molecule has 0 radical (unpaired) electrons. The van der Waals surface area contributed by atoms with Crippen molar-refractivity contribution < 1.29 is 9.90 Å². The highest BCUT2D eigenvalue weighted by Gasteiger charge is 2.29. The van der Waals surface area contributed by atoms with Crippen molar-refractivity contribution in [1.29, 1.82) is 0 Å². The molecule has 1 N–H and O–H groups in total. The highest BCUT2D eigenvalue weighted by atomic mass is 16.4. The lowest BCUT2D eigenvalue weighted by molar-refractivity contribution is -0.138. The summed E-state index contributed by atoms with van der Waals surface area (Å²) < 4.78 is 0. The maximum absolute atomic E-state index is 11.0. The Hall–Kier alpha value is -1.31. The lowest BCUT2D eigenvalue weighted by atomic mass is 9.74. The van der Waals surface area contributed by atoms with Gasteiger partial charge in [0.15, 0.2) is 0 Å². The van der Waals surface area contributed by atoms with Gasteiger partial charge in [0.25, 0.3) is 0 Å². The average molecular weight is 248 g/mol. The predicted octanol–water partition coefficient (Wildman–Crippen LogP) is 3.98. The van der Waals surface area contributed by atoms with E-state index >= 15 is 0 Å². The van der Waals surface area contributed by atoms with Gasteiger partial charge in [0.2, 0.25) is 0 Å². The van der Waals surface area contributed by atoms with Gasteiger partial charge >= 0.3 is 5.97 Å². The van der Waals surface area contributed by atoms with Crippen molar-refractivity contribution in [3.8, 4) is 0 Å². The molecule has 2 nitrogen and oxygen atoms in total. The smallest absolute Gasteiger partial charge is 0.304 e. The molecule has 0 amide bonds. The fraction of sp³-hybridized carbons (Fsp3) is 0.562. The number of carboxylic acids is 1. The van der Waals surface area contributed by atoms with Crippen LogP contribution in [0.3, 0.4) is 0 Å². The molecular weight excluding hydrogens is 224 g/mol. The molecule has 0 aliphatic rings. The molecule has 0 bridgehead atoms. The first-order valence-electron chi connectivity index (χ1n) is 6.38. The average Bonchev–Trinajstić information content (AvgIpc) is 2.21. The normalized spacial score (nSPS) is 11.7. The Labute approximate surface area is 110 Å². The van der Waals surface area contributed by atoms with Crippen LogP contribution in [-0.4, -0.2) is 11.1 Å². The minimum atomic E-state index is -0.741. The van der Waals surface area contributed by atoms with Gasteiger partial charge in [-0.3, -0.25) is 4.79 Å². The molecule has 1 aromatic carbocycles. The van der Waals surface area contributed by atoms with Gasteiger partial charge in [-0.2, -0.15) is 0 Å². The lowest BCUT2D eigenvalue weighted by Crippen LogP contribution is -2.25. The SMILES string of the molecule is Cc1c(C)c(C)c(C(C)(C)CC(=O)O)c(C)c1C. The molecule has 0 unspecified atom stereocenters. The number of hydrogen-bond acceptors (Lipinski definition) is 1. The van der Waals surface area contributed by atoms with Gasteiger partial charge in [-0.15, -0.1) is 0 Å². The summed E-state index contributed by atoms with van der Waals surface area (Å²) in [7, 11) is 0. The number of aliphatic carboxylic acids is 1. The molecule has 0 saturated carbocycles. The lowest BCUT2D eigenvalue weighted by Gasteiger charge is -2.30. The quantitative estimate of drug-likeness (QED) is 0.878. The zero-order valence-electron chi connectivity index (χ0n) is 12.6. The molecule has 0 saturated heterocycles. The second-order valence-electron chi connectivity index (χ2n) is 5.95. The number of hydrogen-bond donors (Lipinski definition) is 1. The third-order valence-electron chi connectivity index (χ3n) is 4.27. The van der Waals surface area contributed by atoms with Crippen molar-refractivity contribution in [3.05, 3.63) is 33.4 Å². The van der Waals surface area contributed by atoms with Gasteiger partial charge in [-0.25, -0.2) is 0 Å². The second kappa shape index (κ2) is 4.75. The van der Waals surface area contributed by atoms with Crippen molar-refractivity contribution >= 4 is 5.97 Å². The second-order valence-corrected chi connectivity index (χ2v) is 5.95. The molecular formula is C16H24O2. The minimum absolute atomic E-state index is 0.163. The third-order valence-corrected chi connectivity index (χ3v) is 4.27. The van der Waals surface area contributed by atoms with E-state index in [2.05, 4.69) is 34.6 Å². The van der Waals surface area contributed by atoms with E-state index in [0.717, 1.165) is 0 Å². The van der Waals surface area contributed by atoms with E-state index in [9.17, 15) is 4.79 Å². The van der Waals surface area contributed by atoms with E-state index < -0.39 is 5.97 Å². The van der Waals surface area contributed by atoms with Crippen LogP contribution in [0.4, 0.5) is 0 Å². The topological polar surface area (TPSA) is 37.3 Å². The van der Waals surface area contributed by atoms with Crippen LogP contribution in [0.1, 0.15) is 53.6 Å². The summed E-state index contributed by atoms with van der Waals surface area (Å²) >= 11 is 0. The summed E-state index contributed by atoms with van der Waals surface area (Å²) in [5.74, 6) is -0.741. The summed E-state index contributed by atoms with van der Waals surface area (Å²) in [6.45, 7) is 14.6. The van der Waals surface area contributed by atoms with E-state index in [4.69, 9.17) is 5.11 Å². The number of rotatable bonds is 3. The molecule has 0 atom stereocenters. The van der Waals surface area contributed by atoms with E-state index in [1.165, 1.54) is 33.4 Å². The molecule has 0 aliphatic heterocycles. The highest BCUT2D eigenvalue weighted by Crippen LogP contribution is 2.36. The van der Waals surface area contributed by atoms with E-state index in [1.807, 2.05) is 13.8 Å². The first-order valence-corrected chi connectivity index (χ1v) is 6.38. The highest BCUT2D eigenvalue weighted by molar-refractivity contribution is 5.69. The van der Waals surface area contributed by atoms with Gasteiger partial charge in [0.05, 0.1) is 6.42 Å². The third kappa shape index (κ3) is 2.43. The molecule has 1 aromatic rings. The number of carbonyl (C=O) groups is 1. The van der Waals surface area contributed by atoms with Crippen molar-refractivity contribution in [2.24, 2.45) is 0 Å². The van der Waals surface area contributed by atoms with Gasteiger partial charge in [-0.1, -0.05) is 13.8 Å². The molecule has 0 heterocycles. The van der Waals surface area contributed by atoms with Gasteiger partial charge in [0, 0.05) is 5.41 Å². The van der Waals surface area contributed by atoms with Crippen LogP contribution in [0.2, 0.25) is 0 Å². The van der Waals surface area contributed by atoms with Crippen molar-refractivity contribution in [2.75, 3.05) is 0 Å². The van der Waals surface area contributed by atoms with Crippen molar-refractivity contribution in [2.45, 2.75) is 60.3 Å². The Morgan fingerprint density at radius 1 is 0.889 bits per heavy atom.